The lowest BCUT2D eigenvalue weighted by molar-refractivity contribution is -0.129. The third kappa shape index (κ3) is 2.69. The van der Waals surface area contributed by atoms with Gasteiger partial charge in [-0.25, -0.2) is 0 Å². The maximum absolute atomic E-state index is 12.4. The third-order valence-electron chi connectivity index (χ3n) is 6.72. The van der Waals surface area contributed by atoms with Gasteiger partial charge >= 0.3 is 10.3 Å². The van der Waals surface area contributed by atoms with E-state index in [1.165, 1.54) is 5.56 Å². The van der Waals surface area contributed by atoms with Crippen LogP contribution in [0.25, 0.3) is 0 Å². The average Bonchev–Trinajstić information content (AvgIpc) is 2.84. The van der Waals surface area contributed by atoms with E-state index in [0.29, 0.717) is 35.0 Å². The van der Waals surface area contributed by atoms with Gasteiger partial charge in [-0.05, 0) is 67.1 Å². The number of hydrogen-bond donors (Lipinski definition) is 1. The first kappa shape index (κ1) is 17.3. The van der Waals surface area contributed by atoms with Crippen molar-refractivity contribution in [3.05, 3.63) is 28.3 Å². The lowest BCUT2D eigenvalue weighted by Gasteiger charge is -2.48. The van der Waals surface area contributed by atoms with Crippen LogP contribution in [-0.2, 0) is 21.5 Å². The summed E-state index contributed by atoms with van der Waals surface area (Å²) < 4.78 is 27.2. The van der Waals surface area contributed by atoms with Crippen molar-refractivity contribution in [2.45, 2.75) is 51.4 Å². The number of Topliss-reactive ketones (excluding diaryl/α,β-unsaturated/α-hetero) is 1. The minimum absolute atomic E-state index is 0.0954. The Labute approximate surface area is 153 Å². The van der Waals surface area contributed by atoms with Crippen molar-refractivity contribution in [2.24, 2.45) is 22.4 Å². The van der Waals surface area contributed by atoms with E-state index in [2.05, 4.69) is 6.92 Å². The van der Waals surface area contributed by atoms with Crippen LogP contribution >= 0.6 is 11.6 Å². The van der Waals surface area contributed by atoms with Crippen molar-refractivity contribution < 1.29 is 17.4 Å². The molecule has 0 amide bonds. The number of ketones is 1. The molecule has 0 aromatic heterocycles. The molecule has 4 rings (SSSR count). The highest BCUT2D eigenvalue weighted by Crippen LogP contribution is 2.60. The fourth-order valence-electron chi connectivity index (χ4n) is 5.56. The van der Waals surface area contributed by atoms with Gasteiger partial charge in [0.15, 0.2) is 5.75 Å². The highest BCUT2D eigenvalue weighted by Gasteiger charge is 2.54. The molecule has 1 aromatic carbocycles. The minimum atomic E-state index is -4.10. The van der Waals surface area contributed by atoms with Gasteiger partial charge in [0.25, 0.3) is 0 Å². The number of benzene rings is 1. The van der Waals surface area contributed by atoms with Crippen molar-refractivity contribution in [1.82, 2.24) is 0 Å². The molecule has 4 atom stereocenters. The number of rotatable bonds is 2. The van der Waals surface area contributed by atoms with Crippen LogP contribution in [-0.4, -0.2) is 14.2 Å². The van der Waals surface area contributed by atoms with E-state index in [1.54, 1.807) is 6.07 Å². The number of nitrogens with two attached hydrogens (primary N) is 1. The fraction of sp³-hybridized carbons (Fsp3) is 0.611. The normalized spacial score (nSPS) is 34.2. The van der Waals surface area contributed by atoms with Gasteiger partial charge in [-0.2, -0.15) is 13.6 Å². The zero-order chi connectivity index (χ0) is 18.0. The number of fused-ring (bicyclic) bond motifs is 5. The van der Waals surface area contributed by atoms with Gasteiger partial charge in [-0.3, -0.25) is 4.79 Å². The van der Waals surface area contributed by atoms with Crippen LogP contribution in [0, 0.1) is 17.3 Å². The van der Waals surface area contributed by atoms with Gasteiger partial charge in [0, 0.05) is 11.8 Å². The lowest BCUT2D eigenvalue weighted by Crippen LogP contribution is -2.42. The molecule has 1 aromatic rings. The van der Waals surface area contributed by atoms with Crippen LogP contribution in [0.4, 0.5) is 0 Å². The van der Waals surface area contributed by atoms with Gasteiger partial charge in [-0.1, -0.05) is 24.6 Å². The molecule has 0 bridgehead atoms. The van der Waals surface area contributed by atoms with E-state index in [0.717, 1.165) is 37.7 Å². The third-order valence-corrected chi connectivity index (χ3v) is 7.55. The molecule has 2 saturated carbocycles. The maximum atomic E-state index is 12.4. The van der Waals surface area contributed by atoms with Gasteiger partial charge in [0.1, 0.15) is 5.78 Å². The molecule has 0 spiro atoms. The molecule has 2 fully saturated rings. The molecule has 7 heteroatoms. The standard InChI is InChI=1S/C18H22ClNO4S/c1-18-9-8-11-10-4-6-15(24-25(20,22)23)17(19)13(10)3-2-12(11)14(18)5-7-16(18)21/h4,6,11-12,14H,2-3,5,7-9H2,1H3,(H2,20,22,23)/t11-,12-,14+,18+/m1/s1. The Hall–Kier alpha value is -1.11. The van der Waals surface area contributed by atoms with Crippen LogP contribution in [0.15, 0.2) is 12.1 Å². The lowest BCUT2D eigenvalue weighted by atomic mass is 9.55. The van der Waals surface area contributed by atoms with Crippen LogP contribution in [0.5, 0.6) is 5.75 Å². The van der Waals surface area contributed by atoms with Gasteiger partial charge in [0.2, 0.25) is 0 Å². The van der Waals surface area contributed by atoms with Crippen LogP contribution < -0.4 is 9.32 Å². The summed E-state index contributed by atoms with van der Waals surface area (Å²) >= 11 is 6.43. The van der Waals surface area contributed by atoms with Gasteiger partial charge < -0.3 is 4.18 Å². The second-order valence-corrected chi connectivity index (χ2v) is 9.39. The Morgan fingerprint density at radius 1 is 1.24 bits per heavy atom. The quantitative estimate of drug-likeness (QED) is 0.848. The number of carbonyl (C=O) groups is 1. The molecule has 5 nitrogen and oxygen atoms in total. The predicted octanol–water partition coefficient (Wildman–Crippen LogP) is 3.35. The molecule has 3 aliphatic carbocycles. The zero-order valence-electron chi connectivity index (χ0n) is 14.1. The molecular formula is C18H22ClNO4S. The fourth-order valence-corrected chi connectivity index (χ4v) is 6.30. The molecular weight excluding hydrogens is 362 g/mol. The molecule has 0 saturated heterocycles. The van der Waals surface area contributed by atoms with Crippen molar-refractivity contribution in [3.63, 3.8) is 0 Å². The Kier molecular flexibility index (Phi) is 3.94. The van der Waals surface area contributed by atoms with E-state index in [1.807, 2.05) is 6.07 Å². The monoisotopic (exact) mass is 383 g/mol. The van der Waals surface area contributed by atoms with E-state index in [4.69, 9.17) is 20.9 Å². The molecule has 0 aliphatic heterocycles. The Bertz CT molecular complexity index is 853. The van der Waals surface area contributed by atoms with Crippen molar-refractivity contribution >= 4 is 27.7 Å². The smallest absolute Gasteiger partial charge is 0.369 e. The van der Waals surface area contributed by atoms with E-state index in [-0.39, 0.29) is 11.2 Å². The topological polar surface area (TPSA) is 86.5 Å². The van der Waals surface area contributed by atoms with Crippen molar-refractivity contribution in [1.29, 1.82) is 0 Å². The molecule has 0 radical (unpaired) electrons. The number of carbonyl (C=O) groups excluding carboxylic acids is 1. The SMILES string of the molecule is C[C@]12CC[C@@H]3c4ccc(OS(N)(=O)=O)c(Cl)c4CC[C@H]3[C@@H]1CCC2=O. The Morgan fingerprint density at radius 2 is 2.00 bits per heavy atom. The second kappa shape index (κ2) is 5.69. The first-order valence-electron chi connectivity index (χ1n) is 8.77. The highest BCUT2D eigenvalue weighted by atomic mass is 35.5. The highest BCUT2D eigenvalue weighted by molar-refractivity contribution is 7.84. The Balaban J connectivity index is 1.70. The molecule has 0 unspecified atom stereocenters. The minimum Gasteiger partial charge on any atom is -0.369 e. The van der Waals surface area contributed by atoms with Crippen LogP contribution in [0.1, 0.15) is 56.1 Å². The van der Waals surface area contributed by atoms with E-state index < -0.39 is 10.3 Å². The summed E-state index contributed by atoms with van der Waals surface area (Å²) in [7, 11) is -4.10. The zero-order valence-corrected chi connectivity index (χ0v) is 15.7. The van der Waals surface area contributed by atoms with E-state index >= 15 is 0 Å². The van der Waals surface area contributed by atoms with Crippen LogP contribution in [0.3, 0.4) is 0 Å². The predicted molar refractivity (Wildman–Crippen MR) is 94.8 cm³/mol. The number of halogens is 1. The van der Waals surface area contributed by atoms with Crippen molar-refractivity contribution in [2.75, 3.05) is 0 Å². The van der Waals surface area contributed by atoms with Crippen molar-refractivity contribution in [3.8, 4) is 5.75 Å². The second-order valence-electron chi connectivity index (χ2n) is 7.86. The molecule has 25 heavy (non-hydrogen) atoms. The summed E-state index contributed by atoms with van der Waals surface area (Å²) in [6, 6.07) is 3.53. The van der Waals surface area contributed by atoms with E-state index in [9.17, 15) is 13.2 Å². The average molecular weight is 384 g/mol. The first-order chi connectivity index (χ1) is 11.7. The summed E-state index contributed by atoms with van der Waals surface area (Å²) in [6.45, 7) is 2.15. The summed E-state index contributed by atoms with van der Waals surface area (Å²) in [5.41, 5.74) is 2.00. The van der Waals surface area contributed by atoms with Crippen LogP contribution in [0.2, 0.25) is 5.02 Å². The molecule has 2 N–H and O–H groups in total. The first-order valence-corrected chi connectivity index (χ1v) is 10.6. The largest absolute Gasteiger partial charge is 0.380 e. The summed E-state index contributed by atoms with van der Waals surface area (Å²) in [6.07, 6.45) is 5.35. The molecule has 3 aliphatic rings. The summed E-state index contributed by atoms with van der Waals surface area (Å²) in [5, 5.41) is 5.31. The molecule has 0 heterocycles. The Morgan fingerprint density at radius 3 is 2.72 bits per heavy atom. The summed E-state index contributed by atoms with van der Waals surface area (Å²) in [5.74, 6) is 1.85. The number of hydrogen-bond acceptors (Lipinski definition) is 4. The van der Waals surface area contributed by atoms with Gasteiger partial charge in [0.05, 0.1) is 5.02 Å². The molecule has 136 valence electrons. The summed E-state index contributed by atoms with van der Waals surface area (Å²) in [4.78, 5) is 12.4. The maximum Gasteiger partial charge on any atom is 0.380 e. The van der Waals surface area contributed by atoms with Gasteiger partial charge in [-0.15, -0.1) is 0 Å².